The Balaban J connectivity index is 2.75. The summed E-state index contributed by atoms with van der Waals surface area (Å²) >= 11 is 0. The van der Waals surface area contributed by atoms with Crippen molar-refractivity contribution in [2.24, 2.45) is 0 Å². The van der Waals surface area contributed by atoms with Gasteiger partial charge in [0.1, 0.15) is 12.3 Å². The average Bonchev–Trinajstić information content (AvgIpc) is 2.59. The molecule has 0 aliphatic carbocycles. The zero-order valence-corrected chi connectivity index (χ0v) is 10.9. The Hall–Kier alpha value is -1.85. The van der Waals surface area contributed by atoms with Crippen LogP contribution in [0.15, 0.2) is 4.52 Å². The lowest BCUT2D eigenvalue weighted by Gasteiger charge is -2.19. The molecule has 100 valence electrons. The van der Waals surface area contributed by atoms with E-state index in [0.717, 1.165) is 12.0 Å². The highest BCUT2D eigenvalue weighted by Gasteiger charge is 2.19. The van der Waals surface area contributed by atoms with E-state index in [1.807, 2.05) is 6.92 Å². The molecule has 1 amide bonds. The lowest BCUT2D eigenvalue weighted by atomic mass is 10.1. The van der Waals surface area contributed by atoms with Crippen molar-refractivity contribution in [1.29, 1.82) is 0 Å². The molecule has 0 fully saturated rings. The monoisotopic (exact) mass is 254 g/mol. The second kappa shape index (κ2) is 6.18. The van der Waals surface area contributed by atoms with E-state index in [0.29, 0.717) is 18.0 Å². The van der Waals surface area contributed by atoms with Gasteiger partial charge in [-0.05, 0) is 20.3 Å². The molecule has 0 unspecified atom stereocenters. The molecule has 0 atom stereocenters. The molecule has 6 nitrogen and oxygen atoms in total. The summed E-state index contributed by atoms with van der Waals surface area (Å²) in [5, 5.41) is 12.5. The van der Waals surface area contributed by atoms with Crippen molar-refractivity contribution >= 4 is 11.9 Å². The molecule has 18 heavy (non-hydrogen) atoms. The van der Waals surface area contributed by atoms with Crippen LogP contribution in [0.5, 0.6) is 0 Å². The first-order chi connectivity index (χ1) is 8.45. The van der Waals surface area contributed by atoms with Crippen molar-refractivity contribution in [1.82, 2.24) is 10.1 Å². The molecule has 1 aromatic heterocycles. The Kier molecular flexibility index (Phi) is 4.88. The van der Waals surface area contributed by atoms with E-state index < -0.39 is 5.97 Å². The minimum atomic E-state index is -1.00. The fourth-order valence-electron chi connectivity index (χ4n) is 1.74. The Bertz CT molecular complexity index is 420. The molecule has 0 bridgehead atoms. The SMILES string of the molecule is CCCN(CC(=O)O)C(=O)Cc1c(C)noc1C. The van der Waals surface area contributed by atoms with Gasteiger partial charge in [-0.2, -0.15) is 0 Å². The van der Waals surface area contributed by atoms with E-state index in [1.165, 1.54) is 4.90 Å². The predicted molar refractivity (Wildman–Crippen MR) is 64.2 cm³/mol. The number of amides is 1. The molecular weight excluding hydrogens is 236 g/mol. The summed E-state index contributed by atoms with van der Waals surface area (Å²) in [5.74, 6) is -0.614. The van der Waals surface area contributed by atoms with Gasteiger partial charge in [-0.15, -0.1) is 0 Å². The fraction of sp³-hybridized carbons (Fsp3) is 0.583. The molecule has 0 aromatic carbocycles. The summed E-state index contributed by atoms with van der Waals surface area (Å²) in [6.45, 7) is 5.58. The molecule has 1 rings (SSSR count). The number of nitrogens with zero attached hydrogens (tertiary/aromatic N) is 2. The highest BCUT2D eigenvalue weighted by molar-refractivity contribution is 5.83. The summed E-state index contributed by atoms with van der Waals surface area (Å²) in [5.41, 5.74) is 1.42. The second-order valence-corrected chi connectivity index (χ2v) is 4.19. The van der Waals surface area contributed by atoms with Crippen LogP contribution in [-0.2, 0) is 16.0 Å². The summed E-state index contributed by atoms with van der Waals surface area (Å²) in [7, 11) is 0. The van der Waals surface area contributed by atoms with E-state index in [4.69, 9.17) is 9.63 Å². The van der Waals surface area contributed by atoms with Crippen molar-refractivity contribution in [3.05, 3.63) is 17.0 Å². The summed E-state index contributed by atoms with van der Waals surface area (Å²) in [4.78, 5) is 24.1. The van der Waals surface area contributed by atoms with E-state index >= 15 is 0 Å². The van der Waals surface area contributed by atoms with Gasteiger partial charge in [0.05, 0.1) is 12.1 Å². The fourth-order valence-corrected chi connectivity index (χ4v) is 1.74. The number of carbonyl (C=O) groups is 2. The van der Waals surface area contributed by atoms with E-state index in [-0.39, 0.29) is 18.9 Å². The zero-order valence-electron chi connectivity index (χ0n) is 10.9. The quantitative estimate of drug-likeness (QED) is 0.823. The maximum Gasteiger partial charge on any atom is 0.323 e. The highest BCUT2D eigenvalue weighted by Crippen LogP contribution is 2.14. The van der Waals surface area contributed by atoms with Crippen LogP contribution in [0.4, 0.5) is 0 Å². The first kappa shape index (κ1) is 14.2. The Morgan fingerprint density at radius 3 is 2.50 bits per heavy atom. The van der Waals surface area contributed by atoms with Crippen LogP contribution >= 0.6 is 0 Å². The van der Waals surface area contributed by atoms with E-state index in [1.54, 1.807) is 13.8 Å². The lowest BCUT2D eigenvalue weighted by Crippen LogP contribution is -2.37. The maximum absolute atomic E-state index is 12.0. The molecule has 6 heteroatoms. The van der Waals surface area contributed by atoms with Gasteiger partial charge >= 0.3 is 5.97 Å². The van der Waals surface area contributed by atoms with Gasteiger partial charge in [0.15, 0.2) is 0 Å². The smallest absolute Gasteiger partial charge is 0.323 e. The number of carbonyl (C=O) groups excluding carboxylic acids is 1. The minimum absolute atomic E-state index is 0.133. The number of rotatable bonds is 6. The molecule has 1 N–H and O–H groups in total. The van der Waals surface area contributed by atoms with Crippen LogP contribution in [0.25, 0.3) is 0 Å². The third-order valence-corrected chi connectivity index (χ3v) is 2.68. The second-order valence-electron chi connectivity index (χ2n) is 4.19. The Morgan fingerprint density at radius 2 is 2.06 bits per heavy atom. The number of aryl methyl sites for hydroxylation is 2. The molecule has 0 saturated heterocycles. The topological polar surface area (TPSA) is 83.6 Å². The van der Waals surface area contributed by atoms with Crippen molar-refractivity contribution in [2.75, 3.05) is 13.1 Å². The van der Waals surface area contributed by atoms with Crippen molar-refractivity contribution in [3.63, 3.8) is 0 Å². The molecule has 1 aromatic rings. The summed E-state index contributed by atoms with van der Waals surface area (Å²) in [6, 6.07) is 0. The van der Waals surface area contributed by atoms with Crippen LogP contribution in [-0.4, -0.2) is 40.1 Å². The third-order valence-electron chi connectivity index (χ3n) is 2.68. The normalized spacial score (nSPS) is 10.4. The number of aromatic nitrogens is 1. The molecule has 1 heterocycles. The van der Waals surface area contributed by atoms with Crippen LogP contribution in [0.1, 0.15) is 30.4 Å². The van der Waals surface area contributed by atoms with Crippen LogP contribution < -0.4 is 0 Å². The number of hydrogen-bond acceptors (Lipinski definition) is 4. The van der Waals surface area contributed by atoms with Crippen LogP contribution in [0.3, 0.4) is 0 Å². The summed E-state index contributed by atoms with van der Waals surface area (Å²) in [6.07, 6.45) is 0.856. The molecule has 0 spiro atoms. The van der Waals surface area contributed by atoms with Crippen molar-refractivity contribution in [2.45, 2.75) is 33.6 Å². The van der Waals surface area contributed by atoms with Gasteiger partial charge in [0, 0.05) is 12.1 Å². The number of aliphatic carboxylic acids is 1. The Labute approximate surface area is 106 Å². The largest absolute Gasteiger partial charge is 0.480 e. The van der Waals surface area contributed by atoms with Crippen LogP contribution in [0.2, 0.25) is 0 Å². The predicted octanol–water partition coefficient (Wildman–Crippen LogP) is 1.16. The van der Waals surface area contributed by atoms with Crippen LogP contribution in [0, 0.1) is 13.8 Å². The molecule has 0 radical (unpaired) electrons. The minimum Gasteiger partial charge on any atom is -0.480 e. The number of carboxylic acid groups (broad SMARTS) is 1. The van der Waals surface area contributed by atoms with E-state index in [9.17, 15) is 9.59 Å². The highest BCUT2D eigenvalue weighted by atomic mass is 16.5. The maximum atomic E-state index is 12.0. The molecule has 0 saturated carbocycles. The van der Waals surface area contributed by atoms with Crippen molar-refractivity contribution in [3.8, 4) is 0 Å². The first-order valence-electron chi connectivity index (χ1n) is 5.87. The average molecular weight is 254 g/mol. The molecule has 0 aliphatic rings. The third kappa shape index (κ3) is 3.58. The number of carboxylic acids is 1. The molecular formula is C12H18N2O4. The molecule has 0 aliphatic heterocycles. The van der Waals surface area contributed by atoms with Crippen molar-refractivity contribution < 1.29 is 19.2 Å². The standard InChI is InChI=1S/C12H18N2O4/c1-4-5-14(7-12(16)17)11(15)6-10-8(2)13-18-9(10)3/h4-7H2,1-3H3,(H,16,17). The zero-order chi connectivity index (χ0) is 13.7. The Morgan fingerprint density at radius 1 is 1.39 bits per heavy atom. The lowest BCUT2D eigenvalue weighted by molar-refractivity contribution is -0.144. The van der Waals surface area contributed by atoms with Gasteiger partial charge < -0.3 is 14.5 Å². The summed E-state index contributed by atoms with van der Waals surface area (Å²) < 4.78 is 4.98. The van der Waals surface area contributed by atoms with E-state index in [2.05, 4.69) is 5.16 Å². The first-order valence-corrected chi connectivity index (χ1v) is 5.87. The van der Waals surface area contributed by atoms with Gasteiger partial charge in [0.25, 0.3) is 0 Å². The van der Waals surface area contributed by atoms with Gasteiger partial charge in [-0.3, -0.25) is 9.59 Å². The van der Waals surface area contributed by atoms with Gasteiger partial charge in [-0.25, -0.2) is 0 Å². The number of hydrogen-bond donors (Lipinski definition) is 1. The van der Waals surface area contributed by atoms with Gasteiger partial charge in [-0.1, -0.05) is 12.1 Å². The van der Waals surface area contributed by atoms with Gasteiger partial charge in [0.2, 0.25) is 5.91 Å².